The fourth-order valence-corrected chi connectivity index (χ4v) is 3.43. The molecular weight excluding hydrogens is 492 g/mol. The van der Waals surface area contributed by atoms with E-state index in [1.165, 1.54) is 24.8 Å². The van der Waals surface area contributed by atoms with E-state index in [1.54, 1.807) is 0 Å². The molecule has 0 saturated heterocycles. The Morgan fingerprint density at radius 2 is 1.80 bits per heavy atom. The summed E-state index contributed by atoms with van der Waals surface area (Å²) in [6.07, 6.45) is 1.16. The van der Waals surface area contributed by atoms with Gasteiger partial charge in [0.15, 0.2) is 0 Å². The van der Waals surface area contributed by atoms with Crippen molar-refractivity contribution in [1.82, 2.24) is 25.6 Å². The van der Waals surface area contributed by atoms with Crippen molar-refractivity contribution >= 4 is 34.8 Å². The minimum Gasteiger partial charge on any atom is -0.354 e. The normalized spacial score (nSPS) is 14.2. The zero-order valence-corrected chi connectivity index (χ0v) is 18.5. The zero-order chi connectivity index (χ0) is 25.2. The Balaban J connectivity index is 1.39. The summed E-state index contributed by atoms with van der Waals surface area (Å²) in [5.74, 6) is -1.87. The van der Waals surface area contributed by atoms with Crippen LogP contribution in [0.5, 0.6) is 0 Å². The van der Waals surface area contributed by atoms with Crippen LogP contribution in [0.4, 0.5) is 28.9 Å². The van der Waals surface area contributed by atoms with Crippen molar-refractivity contribution in [3.05, 3.63) is 76.8 Å². The molecule has 0 atom stereocenters. The maximum absolute atomic E-state index is 14.6. The molecule has 0 spiro atoms. The van der Waals surface area contributed by atoms with E-state index < -0.39 is 34.9 Å². The van der Waals surface area contributed by atoms with E-state index in [0.29, 0.717) is 12.8 Å². The van der Waals surface area contributed by atoms with Crippen LogP contribution in [0, 0.1) is 5.82 Å². The first kappa shape index (κ1) is 24.3. The van der Waals surface area contributed by atoms with Gasteiger partial charge in [0.2, 0.25) is 5.91 Å². The van der Waals surface area contributed by atoms with Gasteiger partial charge in [0, 0.05) is 23.5 Å². The number of halogens is 5. The predicted octanol–water partition coefficient (Wildman–Crippen LogP) is 4.01. The van der Waals surface area contributed by atoms with Crippen molar-refractivity contribution in [3.63, 3.8) is 0 Å². The lowest BCUT2D eigenvalue weighted by Gasteiger charge is -2.17. The number of rotatable bonds is 7. The molecule has 13 heteroatoms. The van der Waals surface area contributed by atoms with E-state index in [1.807, 2.05) is 0 Å². The van der Waals surface area contributed by atoms with E-state index in [4.69, 9.17) is 11.6 Å². The van der Waals surface area contributed by atoms with E-state index in [-0.39, 0.29) is 34.2 Å². The van der Waals surface area contributed by atoms with Gasteiger partial charge in [-0.05, 0) is 31.0 Å². The van der Waals surface area contributed by atoms with Crippen LogP contribution in [0.25, 0.3) is 0 Å². The first-order valence-electron chi connectivity index (χ1n) is 10.2. The molecule has 3 N–H and O–H groups in total. The Labute approximate surface area is 201 Å². The third-order valence-corrected chi connectivity index (χ3v) is 5.50. The van der Waals surface area contributed by atoms with Crippen molar-refractivity contribution in [2.45, 2.75) is 31.1 Å². The van der Waals surface area contributed by atoms with Gasteiger partial charge in [0.05, 0.1) is 40.9 Å². The van der Waals surface area contributed by atoms with Crippen LogP contribution < -0.4 is 16.0 Å². The van der Waals surface area contributed by atoms with Crippen LogP contribution in [0.15, 0.2) is 49.2 Å². The van der Waals surface area contributed by atoms with Crippen molar-refractivity contribution < 1.29 is 27.2 Å². The number of aromatic nitrogens is 3. The van der Waals surface area contributed by atoms with Gasteiger partial charge in [-0.2, -0.15) is 13.2 Å². The summed E-state index contributed by atoms with van der Waals surface area (Å²) in [5.41, 5.74) is -2.42. The topological polar surface area (TPSA) is 109 Å². The molecule has 2 amide bonds. The maximum atomic E-state index is 14.6. The summed E-state index contributed by atoms with van der Waals surface area (Å²) in [5, 5.41) is 7.56. The molecule has 0 unspecified atom stereocenters. The summed E-state index contributed by atoms with van der Waals surface area (Å²) < 4.78 is 54.4. The number of carbonyl (C=O) groups excluding carboxylic acids is 2. The number of amides is 2. The van der Waals surface area contributed by atoms with Gasteiger partial charge in [-0.25, -0.2) is 14.4 Å². The second kappa shape index (κ2) is 9.45. The summed E-state index contributed by atoms with van der Waals surface area (Å²) in [6.45, 7) is -0.286. The second-order valence-electron chi connectivity index (χ2n) is 7.81. The molecule has 0 bridgehead atoms. The first-order valence-corrected chi connectivity index (χ1v) is 10.6. The van der Waals surface area contributed by atoms with Gasteiger partial charge < -0.3 is 16.0 Å². The number of anilines is 2. The molecule has 1 aliphatic carbocycles. The van der Waals surface area contributed by atoms with Crippen LogP contribution >= 0.6 is 11.6 Å². The molecule has 1 saturated carbocycles. The lowest BCUT2D eigenvalue weighted by Crippen LogP contribution is -2.48. The third-order valence-electron chi connectivity index (χ3n) is 5.26. The molecule has 35 heavy (non-hydrogen) atoms. The van der Waals surface area contributed by atoms with Gasteiger partial charge in [-0.1, -0.05) is 11.6 Å². The van der Waals surface area contributed by atoms with Gasteiger partial charge >= 0.3 is 6.18 Å². The van der Waals surface area contributed by atoms with Crippen molar-refractivity contribution in [1.29, 1.82) is 0 Å². The summed E-state index contributed by atoms with van der Waals surface area (Å²) in [6, 6.07) is 4.12. The van der Waals surface area contributed by atoms with E-state index >= 15 is 0 Å². The Morgan fingerprint density at radius 3 is 2.43 bits per heavy atom. The van der Waals surface area contributed by atoms with Crippen molar-refractivity contribution in [2.24, 2.45) is 0 Å². The average molecular weight is 509 g/mol. The summed E-state index contributed by atoms with van der Waals surface area (Å²) in [4.78, 5) is 36.3. The minimum atomic E-state index is -4.68. The van der Waals surface area contributed by atoms with Crippen molar-refractivity contribution in [3.8, 4) is 0 Å². The molecule has 0 aliphatic heterocycles. The average Bonchev–Trinajstić information content (AvgIpc) is 3.60. The second-order valence-corrected chi connectivity index (χ2v) is 8.25. The molecule has 4 rings (SSSR count). The highest BCUT2D eigenvalue weighted by atomic mass is 35.5. The number of nitrogens with one attached hydrogen (secondary N) is 3. The Morgan fingerprint density at radius 1 is 1.09 bits per heavy atom. The number of pyridine rings is 1. The molecule has 0 radical (unpaired) electrons. The van der Waals surface area contributed by atoms with Crippen LogP contribution in [-0.2, 0) is 17.5 Å². The molecule has 1 fully saturated rings. The Kier molecular flexibility index (Phi) is 6.57. The fourth-order valence-electron chi connectivity index (χ4n) is 3.25. The molecule has 3 aromatic rings. The largest absolute Gasteiger partial charge is 0.418 e. The number of carbonyl (C=O) groups is 2. The first-order chi connectivity index (χ1) is 16.6. The molecule has 8 nitrogen and oxygen atoms in total. The maximum Gasteiger partial charge on any atom is 0.418 e. The molecular formula is C22H17ClF4N6O2. The smallest absolute Gasteiger partial charge is 0.354 e. The number of nitrogens with zero attached hydrogens (tertiary/aromatic N) is 3. The SMILES string of the molecule is O=C(NC1(C(=O)NCc2ncc(Nc3ccc(Cl)cc3C(F)(F)F)cc2F)CC1)c1cncnc1. The van der Waals surface area contributed by atoms with Crippen LogP contribution in [0.3, 0.4) is 0 Å². The van der Waals surface area contributed by atoms with Crippen LogP contribution in [0.2, 0.25) is 5.02 Å². The monoisotopic (exact) mass is 508 g/mol. The zero-order valence-electron chi connectivity index (χ0n) is 17.8. The van der Waals surface area contributed by atoms with Gasteiger partial charge in [-0.3, -0.25) is 14.6 Å². The Bertz CT molecular complexity index is 1270. The molecule has 2 aromatic heterocycles. The van der Waals surface area contributed by atoms with Crippen LogP contribution in [0.1, 0.15) is 34.5 Å². The summed E-state index contributed by atoms with van der Waals surface area (Å²) >= 11 is 5.66. The number of hydrogen-bond acceptors (Lipinski definition) is 6. The lowest BCUT2D eigenvalue weighted by atomic mass is 10.1. The van der Waals surface area contributed by atoms with Crippen LogP contribution in [-0.4, -0.2) is 32.3 Å². The van der Waals surface area contributed by atoms with E-state index in [0.717, 1.165) is 24.4 Å². The number of alkyl halides is 3. The van der Waals surface area contributed by atoms with Gasteiger partial charge in [0.25, 0.3) is 5.91 Å². The third kappa shape index (κ3) is 5.65. The highest BCUT2D eigenvalue weighted by molar-refractivity contribution is 6.30. The van der Waals surface area contributed by atoms with Gasteiger partial charge in [0.1, 0.15) is 17.7 Å². The molecule has 1 aromatic carbocycles. The quantitative estimate of drug-likeness (QED) is 0.416. The highest BCUT2D eigenvalue weighted by Gasteiger charge is 2.51. The standard InChI is InChI=1S/C22H17ClF4N6O2/c23-13-1-2-17(15(5-13)22(25,26)27)32-14-6-16(24)18(30-9-14)10-31-20(35)21(3-4-21)33-19(34)12-7-28-11-29-8-12/h1-2,5-9,11,32H,3-4,10H2,(H,31,35)(H,33,34). The van der Waals surface area contributed by atoms with E-state index in [2.05, 4.69) is 30.9 Å². The predicted molar refractivity (Wildman–Crippen MR) is 117 cm³/mol. The Hall–Kier alpha value is -3.80. The molecule has 1 aliphatic rings. The fraction of sp³-hybridized carbons (Fsp3) is 0.227. The lowest BCUT2D eigenvalue weighted by molar-refractivity contribution is -0.137. The highest BCUT2D eigenvalue weighted by Crippen LogP contribution is 2.38. The molecule has 2 heterocycles. The summed E-state index contributed by atoms with van der Waals surface area (Å²) in [7, 11) is 0. The minimum absolute atomic E-state index is 0.0265. The van der Waals surface area contributed by atoms with E-state index in [9.17, 15) is 27.2 Å². The number of hydrogen-bond donors (Lipinski definition) is 3. The van der Waals surface area contributed by atoms with Gasteiger partial charge in [-0.15, -0.1) is 0 Å². The number of benzene rings is 1. The molecule has 182 valence electrons. The van der Waals surface area contributed by atoms with Crippen molar-refractivity contribution in [2.75, 3.05) is 5.32 Å².